The minimum atomic E-state index is 0. The number of aryl methyl sites for hydroxylation is 2. The Kier molecular flexibility index (Phi) is 10.0. The largest absolute Gasteiger partial charge is 3.00 e. The molecule has 2 aromatic carbocycles. The molecule has 5 heteroatoms. The van der Waals surface area contributed by atoms with Crippen molar-refractivity contribution in [1.82, 2.24) is 19.9 Å². The Labute approximate surface area is 211 Å². The molecule has 0 bridgehead atoms. The van der Waals surface area contributed by atoms with E-state index in [4.69, 9.17) is 0 Å². The van der Waals surface area contributed by atoms with Crippen LogP contribution in [-0.2, 0) is 20.1 Å². The Balaban J connectivity index is 0.000000227. The van der Waals surface area contributed by atoms with E-state index >= 15 is 0 Å². The molecule has 33 heavy (non-hydrogen) atoms. The molecule has 2 heterocycles. The molecule has 0 N–H and O–H groups in total. The molecule has 0 atom stereocenters. The van der Waals surface area contributed by atoms with Crippen LogP contribution in [0.3, 0.4) is 0 Å². The molecular weight excluding hydrogens is 585 g/mol. The van der Waals surface area contributed by atoms with Gasteiger partial charge in [-0.15, -0.1) is 0 Å². The Hall–Kier alpha value is -2.75. The first-order valence-electron chi connectivity index (χ1n) is 11.1. The van der Waals surface area contributed by atoms with Crippen molar-refractivity contribution in [3.05, 3.63) is 95.8 Å². The maximum atomic E-state index is 4.59. The number of hydrogen-bond donors (Lipinski definition) is 0. The summed E-state index contributed by atoms with van der Waals surface area (Å²) in [5.41, 5.74) is 8.31. The van der Waals surface area contributed by atoms with E-state index in [0.29, 0.717) is 11.8 Å². The zero-order valence-electron chi connectivity index (χ0n) is 20.2. The van der Waals surface area contributed by atoms with E-state index in [1.54, 1.807) is 0 Å². The number of nitrogens with zero attached hydrogens (tertiary/aromatic N) is 4. The van der Waals surface area contributed by atoms with Gasteiger partial charge in [0.2, 0.25) is 0 Å². The van der Waals surface area contributed by atoms with Crippen LogP contribution in [0, 0.1) is 13.8 Å². The molecule has 4 rings (SSSR count). The number of hydrogen-bond acceptors (Lipinski definition) is 4. The molecule has 0 unspecified atom stereocenters. The topological polar surface area (TPSA) is 51.6 Å². The molecule has 4 nitrogen and oxygen atoms in total. The molecule has 0 saturated heterocycles. The van der Waals surface area contributed by atoms with E-state index in [9.17, 15) is 0 Å². The monoisotopic (exact) mass is 617 g/mol. The predicted molar refractivity (Wildman–Crippen MR) is 133 cm³/mol. The summed E-state index contributed by atoms with van der Waals surface area (Å²) in [5.74, 6) is 0.854. The van der Waals surface area contributed by atoms with Crippen LogP contribution in [0.1, 0.15) is 62.3 Å². The Morgan fingerprint density at radius 1 is 0.545 bits per heavy atom. The molecule has 0 aliphatic rings. The summed E-state index contributed by atoms with van der Waals surface area (Å²) < 4.78 is 0. The van der Waals surface area contributed by atoms with Crippen molar-refractivity contribution >= 4 is 0 Å². The van der Waals surface area contributed by atoms with Crippen molar-refractivity contribution in [2.24, 2.45) is 0 Å². The van der Waals surface area contributed by atoms with Gasteiger partial charge >= 0.3 is 20.1 Å². The minimum absolute atomic E-state index is 0. The molecule has 2 aromatic heterocycles. The van der Waals surface area contributed by atoms with E-state index in [-0.39, 0.29) is 20.1 Å². The van der Waals surface area contributed by atoms with E-state index in [1.807, 2.05) is 62.6 Å². The van der Waals surface area contributed by atoms with Gasteiger partial charge in [-0.25, -0.2) is 0 Å². The molecule has 0 spiro atoms. The van der Waals surface area contributed by atoms with Gasteiger partial charge in [0, 0.05) is 23.5 Å². The second-order valence-corrected chi connectivity index (χ2v) is 8.50. The molecule has 0 aliphatic heterocycles. The van der Waals surface area contributed by atoms with Gasteiger partial charge in [-0.05, 0) is 25.7 Å². The van der Waals surface area contributed by atoms with Gasteiger partial charge < -0.3 is 0 Å². The summed E-state index contributed by atoms with van der Waals surface area (Å²) in [6, 6.07) is 20.3. The summed E-state index contributed by atoms with van der Waals surface area (Å²) in [6.07, 6.45) is 3.75. The SMILES string of the molecule is Cc1nc(C(C)C)cnc1-c1ccccc1.Cc1nc(C(C)C)cnc1-c1ccccc1.[Ir+3]. The standard InChI is InChI=1S/2C14H16N2.Ir/c2*1-10(2)13-9-15-14(11(3)16-13)12-7-5-4-6-8-12;/h2*4-10H,1-3H3;/q;;+3. The Morgan fingerprint density at radius 2 is 0.879 bits per heavy atom. The zero-order valence-corrected chi connectivity index (χ0v) is 22.6. The van der Waals surface area contributed by atoms with Crippen LogP contribution in [0.4, 0.5) is 0 Å². The van der Waals surface area contributed by atoms with E-state index in [1.165, 1.54) is 0 Å². The van der Waals surface area contributed by atoms with Crippen LogP contribution < -0.4 is 0 Å². The van der Waals surface area contributed by atoms with Gasteiger partial charge in [-0.3, -0.25) is 19.9 Å². The van der Waals surface area contributed by atoms with Gasteiger partial charge in [0.05, 0.1) is 34.2 Å². The normalized spacial score (nSPS) is 10.4. The van der Waals surface area contributed by atoms with Gasteiger partial charge in [0.1, 0.15) is 0 Å². The second kappa shape index (κ2) is 12.5. The van der Waals surface area contributed by atoms with Crippen LogP contribution in [-0.4, -0.2) is 19.9 Å². The van der Waals surface area contributed by atoms with E-state index in [0.717, 1.165) is 45.3 Å². The van der Waals surface area contributed by atoms with Gasteiger partial charge in [0.25, 0.3) is 0 Å². The summed E-state index contributed by atoms with van der Waals surface area (Å²) in [4.78, 5) is 18.2. The van der Waals surface area contributed by atoms with Crippen LogP contribution in [0.5, 0.6) is 0 Å². The molecule has 0 amide bonds. The average molecular weight is 617 g/mol. The first kappa shape index (κ1) is 26.5. The number of rotatable bonds is 4. The van der Waals surface area contributed by atoms with Crippen molar-refractivity contribution in [3.8, 4) is 22.5 Å². The maximum absolute atomic E-state index is 4.59. The van der Waals surface area contributed by atoms with Gasteiger partial charge in [-0.1, -0.05) is 88.4 Å². The molecule has 170 valence electrons. The van der Waals surface area contributed by atoms with Crippen molar-refractivity contribution in [1.29, 1.82) is 0 Å². The zero-order chi connectivity index (χ0) is 23.1. The minimum Gasteiger partial charge on any atom is -0.254 e. The smallest absolute Gasteiger partial charge is 0.254 e. The fourth-order valence-corrected chi connectivity index (χ4v) is 3.31. The Morgan fingerprint density at radius 3 is 1.15 bits per heavy atom. The molecule has 0 aliphatic carbocycles. The molecule has 0 saturated carbocycles. The summed E-state index contributed by atoms with van der Waals surface area (Å²) in [7, 11) is 0. The molecule has 4 aromatic rings. The van der Waals surface area contributed by atoms with Crippen LogP contribution in [0.15, 0.2) is 73.1 Å². The molecule has 0 fully saturated rings. The summed E-state index contributed by atoms with van der Waals surface area (Å²) >= 11 is 0. The van der Waals surface area contributed by atoms with Crippen molar-refractivity contribution in [2.45, 2.75) is 53.4 Å². The predicted octanol–water partition coefficient (Wildman–Crippen LogP) is 7.15. The Bertz CT molecular complexity index is 1050. The summed E-state index contributed by atoms with van der Waals surface area (Å²) in [6.45, 7) is 12.6. The summed E-state index contributed by atoms with van der Waals surface area (Å²) in [5, 5.41) is 0. The quantitative estimate of drug-likeness (QED) is 0.245. The van der Waals surface area contributed by atoms with Crippen LogP contribution in [0.2, 0.25) is 0 Å². The van der Waals surface area contributed by atoms with Gasteiger partial charge in [0.15, 0.2) is 0 Å². The van der Waals surface area contributed by atoms with E-state index < -0.39 is 0 Å². The molecular formula is C28H32IrN4+3. The van der Waals surface area contributed by atoms with Crippen LogP contribution in [0.25, 0.3) is 22.5 Å². The van der Waals surface area contributed by atoms with Gasteiger partial charge in [-0.2, -0.15) is 0 Å². The molecule has 0 radical (unpaired) electrons. The number of aromatic nitrogens is 4. The fourth-order valence-electron chi connectivity index (χ4n) is 3.31. The average Bonchev–Trinajstić information content (AvgIpc) is 2.80. The first-order valence-corrected chi connectivity index (χ1v) is 11.1. The third kappa shape index (κ3) is 7.11. The van der Waals surface area contributed by atoms with Crippen molar-refractivity contribution < 1.29 is 20.1 Å². The second-order valence-electron chi connectivity index (χ2n) is 8.50. The fraction of sp³-hybridized carbons (Fsp3) is 0.286. The maximum Gasteiger partial charge on any atom is 3.00 e. The van der Waals surface area contributed by atoms with Crippen molar-refractivity contribution in [3.63, 3.8) is 0 Å². The number of benzene rings is 2. The third-order valence-corrected chi connectivity index (χ3v) is 5.21. The first-order chi connectivity index (χ1) is 15.4. The third-order valence-electron chi connectivity index (χ3n) is 5.21. The van der Waals surface area contributed by atoms with E-state index in [2.05, 4.69) is 71.9 Å². The van der Waals surface area contributed by atoms with Crippen LogP contribution >= 0.6 is 0 Å². The van der Waals surface area contributed by atoms with Crippen molar-refractivity contribution in [2.75, 3.05) is 0 Å².